The molecule has 128 valence electrons. The van der Waals surface area contributed by atoms with Gasteiger partial charge in [-0.05, 0) is 51.9 Å². The second-order valence-corrected chi connectivity index (χ2v) is 7.66. The van der Waals surface area contributed by atoms with Crippen LogP contribution in [0.1, 0.15) is 60.3 Å². The first-order chi connectivity index (χ1) is 10.2. The van der Waals surface area contributed by atoms with Crippen LogP contribution in [0.5, 0.6) is 0 Å². The molecule has 1 fully saturated rings. The van der Waals surface area contributed by atoms with Crippen molar-refractivity contribution in [1.82, 2.24) is 10.2 Å². The molecular formula is C17H32N2O3. The van der Waals surface area contributed by atoms with Gasteiger partial charge in [-0.2, -0.15) is 0 Å². The third-order valence-electron chi connectivity index (χ3n) is 3.74. The van der Waals surface area contributed by atoms with E-state index in [0.717, 1.165) is 32.4 Å². The molecule has 0 bridgehead atoms. The zero-order valence-electron chi connectivity index (χ0n) is 14.8. The number of carbonyl (C=O) groups excluding carboxylic acids is 2. The van der Waals surface area contributed by atoms with Crippen LogP contribution in [0.2, 0.25) is 0 Å². The second kappa shape index (κ2) is 8.39. The molecule has 0 radical (unpaired) electrons. The lowest BCUT2D eigenvalue weighted by atomic mass is 9.97. The van der Waals surface area contributed by atoms with E-state index in [1.54, 1.807) is 0 Å². The van der Waals surface area contributed by atoms with Gasteiger partial charge in [0.25, 0.3) is 0 Å². The molecule has 1 heterocycles. The largest absolute Gasteiger partial charge is 0.444 e. The number of carbonyl (C=O) groups is 2. The molecule has 22 heavy (non-hydrogen) atoms. The van der Waals surface area contributed by atoms with Crippen molar-refractivity contribution in [3.8, 4) is 0 Å². The van der Waals surface area contributed by atoms with Crippen LogP contribution < -0.4 is 5.32 Å². The Morgan fingerprint density at radius 2 is 2.00 bits per heavy atom. The predicted molar refractivity (Wildman–Crippen MR) is 87.6 cm³/mol. The number of ether oxygens (including phenoxy) is 1. The van der Waals surface area contributed by atoms with Crippen LogP contribution in [0.3, 0.4) is 0 Å². The Bertz CT molecular complexity index is 375. The molecule has 0 spiro atoms. The number of alkyl carbamates (subject to hydrolysis) is 1. The third-order valence-corrected chi connectivity index (χ3v) is 3.74. The number of amides is 2. The van der Waals surface area contributed by atoms with E-state index in [1.165, 1.54) is 0 Å². The highest BCUT2D eigenvalue weighted by molar-refractivity contribution is 5.76. The Morgan fingerprint density at radius 1 is 1.32 bits per heavy atom. The fraction of sp³-hybridized carbons (Fsp3) is 0.882. The first-order valence-corrected chi connectivity index (χ1v) is 8.42. The topological polar surface area (TPSA) is 58.6 Å². The summed E-state index contributed by atoms with van der Waals surface area (Å²) in [6, 6.07) is 0. The highest BCUT2D eigenvalue weighted by atomic mass is 16.6. The van der Waals surface area contributed by atoms with Gasteiger partial charge in [-0.1, -0.05) is 13.8 Å². The smallest absolute Gasteiger partial charge is 0.407 e. The lowest BCUT2D eigenvalue weighted by Crippen LogP contribution is -2.44. The molecule has 0 aromatic rings. The van der Waals surface area contributed by atoms with E-state index in [1.807, 2.05) is 25.7 Å². The molecule has 0 aromatic heterocycles. The summed E-state index contributed by atoms with van der Waals surface area (Å²) in [7, 11) is 0. The minimum atomic E-state index is -0.477. The molecular weight excluding hydrogens is 280 g/mol. The van der Waals surface area contributed by atoms with Crippen molar-refractivity contribution in [2.75, 3.05) is 19.6 Å². The third kappa shape index (κ3) is 7.66. The average Bonchev–Trinajstić information content (AvgIpc) is 2.41. The maximum atomic E-state index is 12.2. The van der Waals surface area contributed by atoms with Gasteiger partial charge in [-0.25, -0.2) is 4.79 Å². The van der Waals surface area contributed by atoms with Crippen molar-refractivity contribution in [3.05, 3.63) is 0 Å². The van der Waals surface area contributed by atoms with Crippen molar-refractivity contribution in [2.24, 2.45) is 11.8 Å². The van der Waals surface area contributed by atoms with Crippen molar-refractivity contribution < 1.29 is 14.3 Å². The monoisotopic (exact) mass is 312 g/mol. The van der Waals surface area contributed by atoms with Gasteiger partial charge in [0.1, 0.15) is 5.60 Å². The number of nitrogens with one attached hydrogen (secondary N) is 1. The molecule has 1 unspecified atom stereocenters. The number of piperidine rings is 1. The van der Waals surface area contributed by atoms with Crippen molar-refractivity contribution in [1.29, 1.82) is 0 Å². The van der Waals surface area contributed by atoms with Gasteiger partial charge in [0.05, 0.1) is 0 Å². The van der Waals surface area contributed by atoms with E-state index in [-0.39, 0.29) is 12.0 Å². The van der Waals surface area contributed by atoms with E-state index in [0.29, 0.717) is 24.8 Å². The Labute approximate surface area is 134 Å². The Morgan fingerprint density at radius 3 is 2.59 bits per heavy atom. The number of nitrogens with zero attached hydrogens (tertiary/aromatic N) is 1. The summed E-state index contributed by atoms with van der Waals surface area (Å²) in [6.45, 7) is 12.0. The zero-order valence-corrected chi connectivity index (χ0v) is 14.8. The predicted octanol–water partition coefficient (Wildman–Crippen LogP) is 3.19. The van der Waals surface area contributed by atoms with Crippen LogP contribution >= 0.6 is 0 Å². The van der Waals surface area contributed by atoms with Gasteiger partial charge in [-0.15, -0.1) is 0 Å². The molecule has 1 aliphatic rings. The fourth-order valence-corrected chi connectivity index (χ4v) is 2.57. The standard InChI is InChI=1S/C17H32N2O3/c1-13(2)8-9-15(20)19-10-6-7-14(12-19)11-18-16(21)22-17(3,4)5/h13-14H,6-12H2,1-5H3,(H,18,21). The SMILES string of the molecule is CC(C)CCC(=O)N1CCCC(CNC(=O)OC(C)(C)C)C1. The quantitative estimate of drug-likeness (QED) is 0.848. The summed E-state index contributed by atoms with van der Waals surface area (Å²) in [5.41, 5.74) is -0.477. The molecule has 0 aromatic carbocycles. The van der Waals surface area contributed by atoms with E-state index >= 15 is 0 Å². The van der Waals surface area contributed by atoms with Gasteiger partial charge in [0.2, 0.25) is 5.91 Å². The zero-order chi connectivity index (χ0) is 16.8. The van der Waals surface area contributed by atoms with Gasteiger partial charge in [-0.3, -0.25) is 4.79 Å². The fourth-order valence-electron chi connectivity index (χ4n) is 2.57. The van der Waals surface area contributed by atoms with E-state index in [4.69, 9.17) is 4.74 Å². The van der Waals surface area contributed by atoms with Gasteiger partial charge >= 0.3 is 6.09 Å². The summed E-state index contributed by atoms with van der Waals surface area (Å²) < 4.78 is 5.24. The van der Waals surface area contributed by atoms with Gasteiger partial charge < -0.3 is 15.0 Å². The number of likely N-dealkylation sites (tertiary alicyclic amines) is 1. The van der Waals surface area contributed by atoms with Crippen LogP contribution in [-0.4, -0.2) is 42.1 Å². The van der Waals surface area contributed by atoms with Gasteiger partial charge in [0.15, 0.2) is 0 Å². The Kier molecular flexibility index (Phi) is 7.17. The normalized spacial score (nSPS) is 19.2. The first-order valence-electron chi connectivity index (χ1n) is 8.42. The summed E-state index contributed by atoms with van der Waals surface area (Å²) in [5, 5.41) is 2.82. The molecule has 1 aliphatic heterocycles. The molecule has 1 atom stereocenters. The molecule has 1 rings (SSSR count). The highest BCUT2D eigenvalue weighted by Crippen LogP contribution is 2.18. The van der Waals surface area contributed by atoms with Crippen LogP contribution in [0.25, 0.3) is 0 Å². The van der Waals surface area contributed by atoms with E-state index < -0.39 is 5.60 Å². The average molecular weight is 312 g/mol. The van der Waals surface area contributed by atoms with E-state index in [2.05, 4.69) is 19.2 Å². The summed E-state index contributed by atoms with van der Waals surface area (Å²) in [5.74, 6) is 1.12. The molecule has 1 saturated heterocycles. The maximum absolute atomic E-state index is 12.2. The first kappa shape index (κ1) is 18.8. The van der Waals surface area contributed by atoms with Crippen LogP contribution in [-0.2, 0) is 9.53 Å². The minimum absolute atomic E-state index is 0.246. The lowest BCUT2D eigenvalue weighted by molar-refractivity contribution is -0.133. The van der Waals surface area contributed by atoms with Crippen molar-refractivity contribution >= 4 is 12.0 Å². The molecule has 5 nitrogen and oxygen atoms in total. The van der Waals surface area contributed by atoms with Gasteiger partial charge in [0, 0.05) is 26.1 Å². The maximum Gasteiger partial charge on any atom is 0.407 e. The molecule has 5 heteroatoms. The molecule has 2 amide bonds. The Balaban J connectivity index is 2.34. The summed E-state index contributed by atoms with van der Waals surface area (Å²) in [4.78, 5) is 25.8. The number of hydrogen-bond donors (Lipinski definition) is 1. The summed E-state index contributed by atoms with van der Waals surface area (Å²) in [6.07, 6.45) is 3.24. The molecule has 0 aliphatic carbocycles. The number of hydrogen-bond acceptors (Lipinski definition) is 3. The Hall–Kier alpha value is -1.26. The van der Waals surface area contributed by atoms with Crippen LogP contribution in [0, 0.1) is 11.8 Å². The van der Waals surface area contributed by atoms with Crippen molar-refractivity contribution in [3.63, 3.8) is 0 Å². The van der Waals surface area contributed by atoms with Crippen LogP contribution in [0.4, 0.5) is 4.79 Å². The summed E-state index contributed by atoms with van der Waals surface area (Å²) >= 11 is 0. The minimum Gasteiger partial charge on any atom is -0.444 e. The van der Waals surface area contributed by atoms with E-state index in [9.17, 15) is 9.59 Å². The number of rotatable bonds is 5. The van der Waals surface area contributed by atoms with Crippen molar-refractivity contribution in [2.45, 2.75) is 65.9 Å². The highest BCUT2D eigenvalue weighted by Gasteiger charge is 2.24. The molecule has 1 N–H and O–H groups in total. The molecule has 0 saturated carbocycles. The second-order valence-electron chi connectivity index (χ2n) is 7.66. The lowest BCUT2D eigenvalue weighted by Gasteiger charge is -2.33. The van der Waals surface area contributed by atoms with Crippen LogP contribution in [0.15, 0.2) is 0 Å².